The van der Waals surface area contributed by atoms with Crippen LogP contribution in [0.15, 0.2) is 35.2 Å². The van der Waals surface area contributed by atoms with Crippen LogP contribution in [0.4, 0.5) is 0 Å². The Morgan fingerprint density at radius 2 is 1.50 bits per heavy atom. The molecule has 162 valence electrons. The number of carboxylic acid groups (broad SMARTS) is 1. The average molecular weight is 429 g/mol. The molecule has 0 radical (unpaired) electrons. The summed E-state index contributed by atoms with van der Waals surface area (Å²) < 4.78 is 26.5. The van der Waals surface area contributed by atoms with E-state index in [1.165, 1.54) is 5.56 Å². The fourth-order valence-corrected chi connectivity index (χ4v) is 6.09. The lowest BCUT2D eigenvalue weighted by Crippen LogP contribution is -2.34. The third-order valence-corrected chi connectivity index (χ3v) is 8.52. The first kappa shape index (κ1) is 22.5. The van der Waals surface area contributed by atoms with Crippen molar-refractivity contribution in [3.05, 3.63) is 63.7 Å². The number of carboxylic acids is 1. The number of aromatic carboxylic acids is 1. The molecule has 1 aliphatic carbocycles. The zero-order valence-corrected chi connectivity index (χ0v) is 19.6. The molecule has 4 nitrogen and oxygen atoms in total. The minimum Gasteiger partial charge on any atom is -0.478 e. The van der Waals surface area contributed by atoms with E-state index in [-0.39, 0.29) is 22.1 Å². The summed E-state index contributed by atoms with van der Waals surface area (Å²) in [6.45, 7) is 12.5. The molecular formula is C25H32O4S. The third-order valence-electron chi connectivity index (χ3n) is 6.66. The van der Waals surface area contributed by atoms with Gasteiger partial charge in [0, 0.05) is 0 Å². The molecule has 0 spiro atoms. The first-order valence-corrected chi connectivity index (χ1v) is 12.1. The highest BCUT2D eigenvalue weighted by molar-refractivity contribution is 7.91. The third kappa shape index (κ3) is 4.18. The highest BCUT2D eigenvalue weighted by atomic mass is 32.2. The number of hydrogen-bond donors (Lipinski definition) is 1. The lowest BCUT2D eigenvalue weighted by Gasteiger charge is -2.42. The molecule has 0 unspecified atom stereocenters. The average Bonchev–Trinajstić information content (AvgIpc) is 2.63. The van der Waals surface area contributed by atoms with Crippen molar-refractivity contribution >= 4 is 15.8 Å². The normalized spacial score (nSPS) is 17.4. The predicted octanol–water partition coefficient (Wildman–Crippen LogP) is 5.37. The number of aryl methyl sites for hydroxylation is 3. The van der Waals surface area contributed by atoms with Crippen molar-refractivity contribution in [2.75, 3.05) is 5.75 Å². The Morgan fingerprint density at radius 1 is 0.933 bits per heavy atom. The van der Waals surface area contributed by atoms with E-state index in [9.17, 15) is 18.3 Å². The maximum Gasteiger partial charge on any atom is 0.335 e. The van der Waals surface area contributed by atoms with Crippen molar-refractivity contribution in [3.8, 4) is 0 Å². The van der Waals surface area contributed by atoms with Gasteiger partial charge >= 0.3 is 5.97 Å². The Balaban J connectivity index is 1.94. The second kappa shape index (κ2) is 7.52. The molecule has 0 bridgehead atoms. The minimum absolute atomic E-state index is 0.00229. The second-order valence-corrected chi connectivity index (χ2v) is 12.0. The Labute approximate surface area is 180 Å². The molecule has 1 aliphatic rings. The van der Waals surface area contributed by atoms with Crippen LogP contribution in [-0.4, -0.2) is 25.2 Å². The monoisotopic (exact) mass is 428 g/mol. The molecule has 0 heterocycles. The Morgan fingerprint density at radius 3 is 2.03 bits per heavy atom. The fraction of sp³-hybridized carbons (Fsp3) is 0.480. The van der Waals surface area contributed by atoms with Crippen molar-refractivity contribution in [1.82, 2.24) is 0 Å². The second-order valence-electron chi connectivity index (χ2n) is 9.95. The van der Waals surface area contributed by atoms with Crippen molar-refractivity contribution in [3.63, 3.8) is 0 Å². The van der Waals surface area contributed by atoms with Gasteiger partial charge in [0.05, 0.1) is 16.2 Å². The van der Waals surface area contributed by atoms with Gasteiger partial charge in [0.15, 0.2) is 9.84 Å². The van der Waals surface area contributed by atoms with Gasteiger partial charge in [-0.25, -0.2) is 13.2 Å². The van der Waals surface area contributed by atoms with Gasteiger partial charge in [0.2, 0.25) is 0 Å². The topological polar surface area (TPSA) is 71.4 Å². The highest BCUT2D eigenvalue weighted by Gasteiger charge is 2.38. The van der Waals surface area contributed by atoms with Crippen LogP contribution in [-0.2, 0) is 27.1 Å². The molecule has 0 fully saturated rings. The number of rotatable bonds is 5. The summed E-state index contributed by atoms with van der Waals surface area (Å²) in [5.74, 6) is -0.968. The van der Waals surface area contributed by atoms with Gasteiger partial charge in [0.1, 0.15) is 0 Å². The van der Waals surface area contributed by atoms with Crippen molar-refractivity contribution in [2.45, 2.75) is 76.5 Å². The SMILES string of the molecule is Cc1cc(CCS(=O)(=O)c2cc3c(cc2C)C(C)(C)CCC3(C)C)ccc1C(=O)O. The van der Waals surface area contributed by atoms with E-state index in [1.54, 1.807) is 25.1 Å². The highest BCUT2D eigenvalue weighted by Crippen LogP contribution is 2.47. The molecule has 1 N–H and O–H groups in total. The number of carbonyl (C=O) groups is 1. The van der Waals surface area contributed by atoms with Gasteiger partial charge in [-0.15, -0.1) is 0 Å². The van der Waals surface area contributed by atoms with Crippen LogP contribution in [0.25, 0.3) is 0 Å². The standard InChI is InChI=1S/C25H32O4S/c1-16-13-18(7-8-19(16)23(26)27)9-12-30(28,29)22-15-21-20(14-17(22)2)24(3,4)10-11-25(21,5)6/h7-8,13-15H,9-12H2,1-6H3,(H,26,27). The molecule has 5 heteroatoms. The zero-order valence-electron chi connectivity index (χ0n) is 18.8. The minimum atomic E-state index is -3.47. The van der Waals surface area contributed by atoms with Crippen LogP contribution in [0, 0.1) is 13.8 Å². The van der Waals surface area contributed by atoms with Crippen molar-refractivity contribution < 1.29 is 18.3 Å². The molecule has 30 heavy (non-hydrogen) atoms. The summed E-state index contributed by atoms with van der Waals surface area (Å²) in [5, 5.41) is 9.17. The molecule has 0 saturated heterocycles. The smallest absolute Gasteiger partial charge is 0.335 e. The van der Waals surface area contributed by atoms with Gasteiger partial charge in [-0.05, 0) is 83.9 Å². The van der Waals surface area contributed by atoms with Crippen LogP contribution in [0.5, 0.6) is 0 Å². The first-order chi connectivity index (χ1) is 13.7. The first-order valence-electron chi connectivity index (χ1n) is 10.5. The van der Waals surface area contributed by atoms with Gasteiger partial charge in [-0.2, -0.15) is 0 Å². The van der Waals surface area contributed by atoms with E-state index >= 15 is 0 Å². The van der Waals surface area contributed by atoms with E-state index in [1.807, 2.05) is 13.0 Å². The van der Waals surface area contributed by atoms with E-state index in [4.69, 9.17) is 0 Å². The number of sulfone groups is 1. The van der Waals surface area contributed by atoms with Gasteiger partial charge < -0.3 is 5.11 Å². The fourth-order valence-electron chi connectivity index (χ4n) is 4.52. The van der Waals surface area contributed by atoms with Gasteiger partial charge in [0.25, 0.3) is 0 Å². The summed E-state index contributed by atoms with van der Waals surface area (Å²) >= 11 is 0. The van der Waals surface area contributed by atoms with E-state index in [0.29, 0.717) is 16.9 Å². The summed E-state index contributed by atoms with van der Waals surface area (Å²) in [7, 11) is -3.47. The van der Waals surface area contributed by atoms with E-state index < -0.39 is 15.8 Å². The lowest BCUT2D eigenvalue weighted by molar-refractivity contribution is 0.0696. The van der Waals surface area contributed by atoms with E-state index in [2.05, 4.69) is 33.8 Å². The number of hydrogen-bond acceptors (Lipinski definition) is 3. The molecule has 0 aromatic heterocycles. The molecule has 0 amide bonds. The quantitative estimate of drug-likeness (QED) is 0.695. The molecule has 3 rings (SSSR count). The molecule has 0 saturated carbocycles. The van der Waals surface area contributed by atoms with Crippen LogP contribution in [0.1, 0.15) is 78.7 Å². The maximum absolute atomic E-state index is 13.3. The maximum atomic E-state index is 13.3. The summed E-state index contributed by atoms with van der Waals surface area (Å²) in [4.78, 5) is 11.6. The van der Waals surface area contributed by atoms with Crippen LogP contribution in [0.2, 0.25) is 0 Å². The number of benzene rings is 2. The Kier molecular flexibility index (Phi) is 5.65. The Hall–Kier alpha value is -2.14. The lowest BCUT2D eigenvalue weighted by atomic mass is 9.63. The number of fused-ring (bicyclic) bond motifs is 1. The summed E-state index contributed by atoms with van der Waals surface area (Å²) in [6.07, 6.45) is 2.48. The van der Waals surface area contributed by atoms with E-state index in [0.717, 1.165) is 29.5 Å². The van der Waals surface area contributed by atoms with Crippen LogP contribution < -0.4 is 0 Å². The molecule has 2 aromatic carbocycles. The summed E-state index contributed by atoms with van der Waals surface area (Å²) in [6, 6.07) is 9.02. The molecular weight excluding hydrogens is 396 g/mol. The molecule has 0 atom stereocenters. The largest absolute Gasteiger partial charge is 0.478 e. The molecule has 2 aromatic rings. The van der Waals surface area contributed by atoms with Crippen LogP contribution in [0.3, 0.4) is 0 Å². The zero-order chi connectivity index (χ0) is 22.5. The summed E-state index contributed by atoms with van der Waals surface area (Å²) in [5.41, 5.74) is 4.92. The van der Waals surface area contributed by atoms with Crippen molar-refractivity contribution in [1.29, 1.82) is 0 Å². The van der Waals surface area contributed by atoms with Gasteiger partial charge in [-0.3, -0.25) is 0 Å². The molecule has 0 aliphatic heterocycles. The van der Waals surface area contributed by atoms with Crippen molar-refractivity contribution in [2.24, 2.45) is 0 Å². The predicted molar refractivity (Wildman–Crippen MR) is 120 cm³/mol. The van der Waals surface area contributed by atoms with Gasteiger partial charge in [-0.1, -0.05) is 45.9 Å². The van der Waals surface area contributed by atoms with Crippen LogP contribution >= 0.6 is 0 Å². The Bertz CT molecular complexity index is 1110.